The molecule has 0 aromatic carbocycles. The largest absolute Gasteiger partial charge is 0.356 e. The maximum atomic E-state index is 14.0. The van der Waals surface area contributed by atoms with Crippen molar-refractivity contribution in [1.82, 2.24) is 9.88 Å². The fraction of sp³-hybridized carbons (Fsp3) is 0.762. The van der Waals surface area contributed by atoms with Crippen molar-refractivity contribution >= 4 is 5.82 Å². The van der Waals surface area contributed by atoms with E-state index in [9.17, 15) is 4.39 Å². The zero-order valence-electron chi connectivity index (χ0n) is 16.4. The smallest absolute Gasteiger partial charge is 0.131 e. The van der Waals surface area contributed by atoms with Crippen LogP contribution in [-0.2, 0) is 0 Å². The van der Waals surface area contributed by atoms with Crippen LogP contribution in [0.2, 0.25) is 0 Å². The lowest BCUT2D eigenvalue weighted by Crippen LogP contribution is -2.44. The predicted octanol–water partition coefficient (Wildman–Crippen LogP) is 4.55. The van der Waals surface area contributed by atoms with E-state index in [-0.39, 0.29) is 0 Å². The van der Waals surface area contributed by atoms with Crippen LogP contribution in [0.1, 0.15) is 63.5 Å². The highest BCUT2D eigenvalue weighted by atomic mass is 19.1. The van der Waals surface area contributed by atoms with Gasteiger partial charge >= 0.3 is 0 Å². The van der Waals surface area contributed by atoms with E-state index in [1.54, 1.807) is 6.92 Å². The highest BCUT2D eigenvalue weighted by Gasteiger charge is 2.31. The summed E-state index contributed by atoms with van der Waals surface area (Å²) in [7, 11) is 0. The van der Waals surface area contributed by atoms with E-state index in [2.05, 4.69) is 36.6 Å². The minimum Gasteiger partial charge on any atom is -0.356 e. The molecule has 3 heterocycles. The van der Waals surface area contributed by atoms with Gasteiger partial charge in [-0.3, -0.25) is 0 Å². The number of hydrogen-bond acceptors (Lipinski definition) is 3. The molecule has 0 spiro atoms. The van der Waals surface area contributed by atoms with Gasteiger partial charge in [0.05, 0.1) is 0 Å². The minimum absolute atomic E-state index is 0.503. The van der Waals surface area contributed by atoms with E-state index in [1.807, 2.05) is 6.20 Å². The number of anilines is 1. The van der Waals surface area contributed by atoms with Gasteiger partial charge in [0, 0.05) is 38.9 Å². The molecule has 0 bridgehead atoms. The SMILES string of the molecule is Cc1cnc(N2CCC(CN3CCC(C)(F)CC3)CC2)c(C(C)C)c1. The highest BCUT2D eigenvalue weighted by molar-refractivity contribution is 5.50. The molecule has 2 aliphatic rings. The Morgan fingerprint density at radius 1 is 1.20 bits per heavy atom. The lowest BCUT2D eigenvalue weighted by atomic mass is 9.92. The molecule has 1 aromatic heterocycles. The molecule has 0 aliphatic carbocycles. The van der Waals surface area contributed by atoms with Crippen molar-refractivity contribution in [3.05, 3.63) is 23.4 Å². The maximum absolute atomic E-state index is 14.0. The van der Waals surface area contributed by atoms with Gasteiger partial charge in [0.15, 0.2) is 0 Å². The lowest BCUT2D eigenvalue weighted by Gasteiger charge is -2.39. The standard InChI is InChI=1S/C21H34FN3/c1-16(2)19-13-17(3)14-23-20(19)25-9-5-18(6-10-25)15-24-11-7-21(4,22)8-12-24/h13-14,16,18H,5-12,15H2,1-4H3. The summed E-state index contributed by atoms with van der Waals surface area (Å²) in [5, 5.41) is 0. The van der Waals surface area contributed by atoms with Crippen LogP contribution >= 0.6 is 0 Å². The first-order valence-corrected chi connectivity index (χ1v) is 9.97. The number of aromatic nitrogens is 1. The van der Waals surface area contributed by atoms with Crippen molar-refractivity contribution in [2.24, 2.45) is 5.92 Å². The topological polar surface area (TPSA) is 19.4 Å². The molecule has 0 unspecified atom stereocenters. The fourth-order valence-electron chi connectivity index (χ4n) is 4.17. The molecule has 0 radical (unpaired) electrons. The average Bonchev–Trinajstić information content (AvgIpc) is 2.57. The van der Waals surface area contributed by atoms with Gasteiger partial charge in [-0.1, -0.05) is 19.9 Å². The zero-order valence-corrected chi connectivity index (χ0v) is 16.4. The molecular weight excluding hydrogens is 313 g/mol. The van der Waals surface area contributed by atoms with Crippen LogP contribution in [0, 0.1) is 12.8 Å². The van der Waals surface area contributed by atoms with Crippen molar-refractivity contribution < 1.29 is 4.39 Å². The number of halogens is 1. The average molecular weight is 348 g/mol. The van der Waals surface area contributed by atoms with Gasteiger partial charge in [0.25, 0.3) is 0 Å². The summed E-state index contributed by atoms with van der Waals surface area (Å²) in [5.74, 6) is 2.43. The maximum Gasteiger partial charge on any atom is 0.131 e. The number of aryl methyl sites for hydroxylation is 1. The Balaban J connectivity index is 1.54. The monoisotopic (exact) mass is 347 g/mol. The van der Waals surface area contributed by atoms with Crippen molar-refractivity contribution in [2.45, 2.75) is 65.0 Å². The van der Waals surface area contributed by atoms with Gasteiger partial charge in [0.1, 0.15) is 11.5 Å². The normalized spacial score (nSPS) is 22.6. The number of rotatable bonds is 4. The van der Waals surface area contributed by atoms with E-state index < -0.39 is 5.67 Å². The Labute approximate surface area is 152 Å². The van der Waals surface area contributed by atoms with Crippen molar-refractivity contribution in [2.75, 3.05) is 37.6 Å². The molecule has 0 saturated carbocycles. The fourth-order valence-corrected chi connectivity index (χ4v) is 4.17. The number of nitrogens with zero attached hydrogens (tertiary/aromatic N) is 3. The number of alkyl halides is 1. The summed E-state index contributed by atoms with van der Waals surface area (Å²) in [6, 6.07) is 2.29. The third-order valence-corrected chi connectivity index (χ3v) is 5.98. The van der Waals surface area contributed by atoms with Crippen molar-refractivity contribution in [1.29, 1.82) is 0 Å². The van der Waals surface area contributed by atoms with Crippen LogP contribution in [0.25, 0.3) is 0 Å². The van der Waals surface area contributed by atoms with E-state index in [4.69, 9.17) is 4.98 Å². The summed E-state index contributed by atoms with van der Waals surface area (Å²) in [6.07, 6.45) is 5.82. The summed E-state index contributed by atoms with van der Waals surface area (Å²) >= 11 is 0. The summed E-state index contributed by atoms with van der Waals surface area (Å²) in [4.78, 5) is 9.70. The molecule has 4 heteroatoms. The molecule has 3 nitrogen and oxygen atoms in total. The summed E-state index contributed by atoms with van der Waals surface area (Å²) in [5.41, 5.74) is 1.67. The predicted molar refractivity (Wildman–Crippen MR) is 103 cm³/mol. The third-order valence-electron chi connectivity index (χ3n) is 5.98. The first-order chi connectivity index (χ1) is 11.8. The molecule has 3 rings (SSSR count). The molecule has 0 amide bonds. The van der Waals surface area contributed by atoms with E-state index in [0.717, 1.165) is 38.6 Å². The minimum atomic E-state index is -0.940. The van der Waals surface area contributed by atoms with Gasteiger partial charge in [-0.05, 0) is 62.5 Å². The zero-order chi connectivity index (χ0) is 18.0. The van der Waals surface area contributed by atoms with Crippen LogP contribution in [0.5, 0.6) is 0 Å². The third kappa shape index (κ3) is 4.72. The van der Waals surface area contributed by atoms with Gasteiger partial charge in [-0.25, -0.2) is 9.37 Å². The number of piperidine rings is 2. The Morgan fingerprint density at radius 3 is 2.44 bits per heavy atom. The van der Waals surface area contributed by atoms with Crippen LogP contribution in [0.4, 0.5) is 10.2 Å². The Hall–Kier alpha value is -1.16. The molecule has 0 atom stereocenters. The Bertz CT molecular complexity index is 567. The van der Waals surface area contributed by atoms with E-state index in [0.29, 0.717) is 18.8 Å². The molecule has 2 fully saturated rings. The van der Waals surface area contributed by atoms with E-state index in [1.165, 1.54) is 29.8 Å². The second-order valence-corrected chi connectivity index (χ2v) is 8.72. The lowest BCUT2D eigenvalue weighted by molar-refractivity contribution is 0.0635. The van der Waals surface area contributed by atoms with Gasteiger partial charge in [-0.2, -0.15) is 0 Å². The Morgan fingerprint density at radius 2 is 1.84 bits per heavy atom. The molecule has 2 saturated heterocycles. The molecule has 25 heavy (non-hydrogen) atoms. The molecular formula is C21H34FN3. The first-order valence-electron chi connectivity index (χ1n) is 9.97. The highest BCUT2D eigenvalue weighted by Crippen LogP contribution is 2.31. The first kappa shape index (κ1) is 18.6. The number of hydrogen-bond donors (Lipinski definition) is 0. The van der Waals surface area contributed by atoms with Crippen molar-refractivity contribution in [3.63, 3.8) is 0 Å². The number of pyridine rings is 1. The molecule has 1 aromatic rings. The van der Waals surface area contributed by atoms with Crippen LogP contribution < -0.4 is 4.90 Å². The van der Waals surface area contributed by atoms with E-state index >= 15 is 0 Å². The van der Waals surface area contributed by atoms with Crippen LogP contribution in [-0.4, -0.2) is 48.3 Å². The summed E-state index contributed by atoms with van der Waals surface area (Å²) < 4.78 is 14.0. The quantitative estimate of drug-likeness (QED) is 0.796. The van der Waals surface area contributed by atoms with Gasteiger partial charge < -0.3 is 9.80 Å². The Kier molecular flexibility index (Phi) is 5.67. The molecule has 0 N–H and O–H groups in total. The van der Waals surface area contributed by atoms with Gasteiger partial charge in [0.2, 0.25) is 0 Å². The van der Waals surface area contributed by atoms with Gasteiger partial charge in [-0.15, -0.1) is 0 Å². The van der Waals surface area contributed by atoms with Crippen LogP contribution in [0.3, 0.4) is 0 Å². The number of likely N-dealkylation sites (tertiary alicyclic amines) is 1. The van der Waals surface area contributed by atoms with Crippen LogP contribution in [0.15, 0.2) is 12.3 Å². The second-order valence-electron chi connectivity index (χ2n) is 8.72. The molecule has 2 aliphatic heterocycles. The second kappa shape index (κ2) is 7.61. The molecule has 140 valence electrons. The van der Waals surface area contributed by atoms with Crippen molar-refractivity contribution in [3.8, 4) is 0 Å². The summed E-state index contributed by atoms with van der Waals surface area (Å²) in [6.45, 7) is 13.5.